The highest BCUT2D eigenvalue weighted by Crippen LogP contribution is 2.33. The van der Waals surface area contributed by atoms with Gasteiger partial charge in [0.05, 0.1) is 19.1 Å². The fourth-order valence-corrected chi connectivity index (χ4v) is 5.39. The van der Waals surface area contributed by atoms with Gasteiger partial charge in [0.1, 0.15) is 0 Å². The van der Waals surface area contributed by atoms with Crippen LogP contribution in [-0.4, -0.2) is 58.0 Å². The molecule has 2 aromatic rings. The van der Waals surface area contributed by atoms with E-state index in [1.54, 1.807) is 23.4 Å². The summed E-state index contributed by atoms with van der Waals surface area (Å²) in [5.41, 5.74) is 1.81. The zero-order valence-electron chi connectivity index (χ0n) is 17.0. The molecule has 1 fully saturated rings. The lowest BCUT2D eigenvalue weighted by Crippen LogP contribution is -2.35. The van der Waals surface area contributed by atoms with Gasteiger partial charge in [-0.15, -0.1) is 0 Å². The van der Waals surface area contributed by atoms with Gasteiger partial charge in [0.25, 0.3) is 0 Å². The molecule has 0 unspecified atom stereocenters. The van der Waals surface area contributed by atoms with Gasteiger partial charge in [-0.3, -0.25) is 4.90 Å². The minimum atomic E-state index is -3.62. The van der Waals surface area contributed by atoms with Crippen LogP contribution in [0.2, 0.25) is 5.02 Å². The molecule has 0 aromatic heterocycles. The highest BCUT2D eigenvalue weighted by Gasteiger charge is 2.29. The molecular formula is C21H27ClN2O4S. The van der Waals surface area contributed by atoms with E-state index in [9.17, 15) is 8.42 Å². The van der Waals surface area contributed by atoms with Gasteiger partial charge in [0.15, 0.2) is 11.5 Å². The molecule has 0 spiro atoms. The largest absolute Gasteiger partial charge is 0.493 e. The van der Waals surface area contributed by atoms with E-state index in [0.717, 1.165) is 19.5 Å². The van der Waals surface area contributed by atoms with Crippen LogP contribution in [-0.2, 0) is 16.6 Å². The quantitative estimate of drug-likeness (QED) is 0.690. The third kappa shape index (κ3) is 5.04. The molecule has 0 bridgehead atoms. The lowest BCUT2D eigenvalue weighted by atomic mass is 10.2. The first-order valence-electron chi connectivity index (χ1n) is 9.54. The smallest absolute Gasteiger partial charge is 0.243 e. The van der Waals surface area contributed by atoms with Crippen LogP contribution < -0.4 is 9.47 Å². The summed E-state index contributed by atoms with van der Waals surface area (Å²) in [6.07, 6.45) is 0.777. The van der Waals surface area contributed by atoms with Crippen LogP contribution in [0.15, 0.2) is 41.3 Å². The van der Waals surface area contributed by atoms with Crippen molar-refractivity contribution in [3.8, 4) is 11.5 Å². The molecular weight excluding hydrogens is 412 g/mol. The summed E-state index contributed by atoms with van der Waals surface area (Å²) in [5, 5.41) is 0.715. The third-order valence-corrected chi connectivity index (χ3v) is 7.46. The normalized spacial score (nSPS) is 16.4. The van der Waals surface area contributed by atoms with Gasteiger partial charge in [-0.1, -0.05) is 23.7 Å². The van der Waals surface area contributed by atoms with Crippen molar-refractivity contribution < 1.29 is 17.9 Å². The molecule has 0 saturated carbocycles. The second-order valence-corrected chi connectivity index (χ2v) is 9.48. The van der Waals surface area contributed by atoms with Crippen molar-refractivity contribution in [2.75, 3.05) is 40.4 Å². The maximum atomic E-state index is 13.3. The summed E-state index contributed by atoms with van der Waals surface area (Å²) in [6, 6.07) is 11.0. The van der Waals surface area contributed by atoms with Crippen molar-refractivity contribution in [2.45, 2.75) is 24.8 Å². The number of hydrogen-bond acceptors (Lipinski definition) is 5. The highest BCUT2D eigenvalue weighted by atomic mass is 35.5. The van der Waals surface area contributed by atoms with Crippen LogP contribution in [0.1, 0.15) is 17.5 Å². The van der Waals surface area contributed by atoms with Crippen molar-refractivity contribution in [3.63, 3.8) is 0 Å². The number of halogens is 1. The van der Waals surface area contributed by atoms with Crippen LogP contribution in [0.4, 0.5) is 0 Å². The fourth-order valence-electron chi connectivity index (χ4n) is 3.57. The molecule has 158 valence electrons. The second kappa shape index (κ2) is 9.34. The van der Waals surface area contributed by atoms with Crippen molar-refractivity contribution in [1.29, 1.82) is 0 Å². The van der Waals surface area contributed by atoms with Crippen molar-refractivity contribution in [3.05, 3.63) is 52.5 Å². The van der Waals surface area contributed by atoms with Gasteiger partial charge in [-0.2, -0.15) is 4.31 Å². The van der Waals surface area contributed by atoms with Crippen LogP contribution in [0.3, 0.4) is 0 Å². The molecule has 29 heavy (non-hydrogen) atoms. The molecule has 1 saturated heterocycles. The maximum absolute atomic E-state index is 13.3. The Balaban J connectivity index is 1.76. The molecule has 3 rings (SSSR count). The Labute approximate surface area is 178 Å². The number of rotatable bonds is 6. The van der Waals surface area contributed by atoms with E-state index in [4.69, 9.17) is 21.1 Å². The number of sulfonamides is 1. The standard InChI is InChI=1S/C21H27ClN2O4S/c1-16-13-19(27-2)20(28-3)14-21(16)29(25,26)24-10-4-9-23(11-12-24)15-17-5-7-18(22)8-6-17/h5-8,13-14H,4,9-12,15H2,1-3H3. The van der Waals surface area contributed by atoms with Crippen LogP contribution in [0.5, 0.6) is 11.5 Å². The number of hydrogen-bond donors (Lipinski definition) is 0. The van der Waals surface area contributed by atoms with Gasteiger partial charge in [0, 0.05) is 37.3 Å². The van der Waals surface area contributed by atoms with Crippen molar-refractivity contribution in [1.82, 2.24) is 9.21 Å². The predicted octanol–water partition coefficient (Wildman–Crippen LogP) is 3.56. The third-order valence-electron chi connectivity index (χ3n) is 5.17. The Hall–Kier alpha value is -1.80. The zero-order chi connectivity index (χ0) is 21.0. The van der Waals surface area contributed by atoms with Crippen LogP contribution in [0.25, 0.3) is 0 Å². The first-order chi connectivity index (χ1) is 13.8. The van der Waals surface area contributed by atoms with E-state index in [2.05, 4.69) is 4.90 Å². The second-order valence-electron chi connectivity index (χ2n) is 7.13. The SMILES string of the molecule is COc1cc(C)c(S(=O)(=O)N2CCCN(Cc3ccc(Cl)cc3)CC2)cc1OC. The summed E-state index contributed by atoms with van der Waals surface area (Å²) in [4.78, 5) is 2.54. The van der Waals surface area contributed by atoms with E-state index >= 15 is 0 Å². The Morgan fingerprint density at radius 1 is 0.966 bits per heavy atom. The van der Waals surface area contributed by atoms with Gasteiger partial charge in [-0.25, -0.2) is 8.42 Å². The summed E-state index contributed by atoms with van der Waals surface area (Å²) in [6.45, 7) is 5.02. The molecule has 1 heterocycles. The maximum Gasteiger partial charge on any atom is 0.243 e. The van der Waals surface area contributed by atoms with E-state index in [1.165, 1.54) is 19.8 Å². The average molecular weight is 439 g/mol. The van der Waals surface area contributed by atoms with E-state index < -0.39 is 10.0 Å². The van der Waals surface area contributed by atoms with Gasteiger partial charge < -0.3 is 9.47 Å². The molecule has 0 radical (unpaired) electrons. The number of ether oxygens (including phenoxy) is 2. The molecule has 0 atom stereocenters. The fraction of sp³-hybridized carbons (Fsp3) is 0.429. The molecule has 0 N–H and O–H groups in total. The minimum absolute atomic E-state index is 0.265. The first kappa shape index (κ1) is 21.9. The molecule has 0 amide bonds. The predicted molar refractivity (Wildman–Crippen MR) is 114 cm³/mol. The number of methoxy groups -OCH3 is 2. The number of aryl methyl sites for hydroxylation is 1. The Bertz CT molecular complexity index is 948. The summed E-state index contributed by atoms with van der Waals surface area (Å²) < 4.78 is 38.8. The monoisotopic (exact) mass is 438 g/mol. The number of nitrogens with zero attached hydrogens (tertiary/aromatic N) is 2. The van der Waals surface area contributed by atoms with Crippen molar-refractivity contribution >= 4 is 21.6 Å². The summed E-state index contributed by atoms with van der Waals surface area (Å²) >= 11 is 5.96. The topological polar surface area (TPSA) is 59.1 Å². The van der Waals surface area contributed by atoms with Crippen LogP contribution in [0, 0.1) is 6.92 Å². The molecule has 1 aliphatic heterocycles. The lowest BCUT2D eigenvalue weighted by Gasteiger charge is -2.23. The van der Waals surface area contributed by atoms with Crippen molar-refractivity contribution in [2.24, 2.45) is 0 Å². The molecule has 2 aromatic carbocycles. The minimum Gasteiger partial charge on any atom is -0.493 e. The average Bonchev–Trinajstić information content (AvgIpc) is 2.95. The summed E-state index contributed by atoms with van der Waals surface area (Å²) in [5.74, 6) is 0.935. The number of benzene rings is 2. The molecule has 6 nitrogen and oxygen atoms in total. The Morgan fingerprint density at radius 2 is 1.62 bits per heavy atom. The highest BCUT2D eigenvalue weighted by molar-refractivity contribution is 7.89. The molecule has 8 heteroatoms. The van der Waals surface area contributed by atoms with E-state index in [1.807, 2.05) is 24.3 Å². The first-order valence-corrected chi connectivity index (χ1v) is 11.4. The molecule has 1 aliphatic rings. The van der Waals surface area contributed by atoms with E-state index in [-0.39, 0.29) is 4.90 Å². The lowest BCUT2D eigenvalue weighted by molar-refractivity contribution is 0.278. The van der Waals surface area contributed by atoms with Crippen LogP contribution >= 0.6 is 11.6 Å². The Morgan fingerprint density at radius 3 is 2.28 bits per heavy atom. The van der Waals surface area contributed by atoms with Gasteiger partial charge in [0.2, 0.25) is 10.0 Å². The van der Waals surface area contributed by atoms with E-state index in [0.29, 0.717) is 41.7 Å². The van der Waals surface area contributed by atoms with Gasteiger partial charge in [-0.05, 0) is 49.2 Å². The van der Waals surface area contributed by atoms with Gasteiger partial charge >= 0.3 is 0 Å². The molecule has 0 aliphatic carbocycles. The summed E-state index contributed by atoms with van der Waals surface area (Å²) in [7, 11) is -0.580. The Kier molecular flexibility index (Phi) is 7.05. The zero-order valence-corrected chi connectivity index (χ0v) is 18.6.